The predicted octanol–water partition coefficient (Wildman–Crippen LogP) is 3.44. The minimum absolute atomic E-state index is 0.112. The molecule has 3 rings (SSSR count). The molecule has 28 heavy (non-hydrogen) atoms. The molecule has 1 N–H and O–H groups in total. The van der Waals surface area contributed by atoms with E-state index in [1.807, 2.05) is 24.3 Å². The van der Waals surface area contributed by atoms with Crippen molar-refractivity contribution in [1.82, 2.24) is 4.31 Å². The zero-order valence-corrected chi connectivity index (χ0v) is 16.9. The molecule has 1 heterocycles. The van der Waals surface area contributed by atoms with Crippen molar-refractivity contribution < 1.29 is 17.9 Å². The van der Waals surface area contributed by atoms with E-state index < -0.39 is 10.0 Å². The van der Waals surface area contributed by atoms with Gasteiger partial charge in [-0.15, -0.1) is 0 Å². The second-order valence-electron chi connectivity index (χ2n) is 6.82. The number of amides is 1. The summed E-state index contributed by atoms with van der Waals surface area (Å²) in [6.07, 6.45) is 3.81. The number of carbonyl (C=O) groups excluding carboxylic acids is 1. The second-order valence-corrected chi connectivity index (χ2v) is 8.76. The van der Waals surface area contributed by atoms with E-state index in [0.29, 0.717) is 24.5 Å². The third-order valence-corrected chi connectivity index (χ3v) is 6.71. The van der Waals surface area contributed by atoms with Crippen molar-refractivity contribution in [2.75, 3.05) is 25.0 Å². The fourth-order valence-corrected chi connectivity index (χ4v) is 4.65. The number of nitrogens with one attached hydrogen (secondary N) is 1. The van der Waals surface area contributed by atoms with Gasteiger partial charge in [0.05, 0.1) is 4.90 Å². The fourth-order valence-electron chi connectivity index (χ4n) is 3.13. The molecule has 0 aromatic heterocycles. The molecule has 1 aliphatic rings. The molecular weight excluding hydrogens is 376 g/mol. The van der Waals surface area contributed by atoms with Gasteiger partial charge in [0.25, 0.3) is 5.91 Å². The largest absolute Gasteiger partial charge is 0.484 e. The van der Waals surface area contributed by atoms with Crippen LogP contribution in [0.15, 0.2) is 53.4 Å². The quantitative estimate of drug-likeness (QED) is 0.770. The lowest BCUT2D eigenvalue weighted by molar-refractivity contribution is -0.118. The normalized spacial score (nSPS) is 15.2. The molecule has 2 aromatic carbocycles. The molecule has 6 nitrogen and oxygen atoms in total. The van der Waals surface area contributed by atoms with Gasteiger partial charge in [-0.05, 0) is 61.2 Å². The van der Waals surface area contributed by atoms with E-state index in [-0.39, 0.29) is 17.4 Å². The van der Waals surface area contributed by atoms with E-state index in [0.717, 1.165) is 25.7 Å². The van der Waals surface area contributed by atoms with Crippen LogP contribution in [0.3, 0.4) is 0 Å². The van der Waals surface area contributed by atoms with Gasteiger partial charge in [0.1, 0.15) is 5.75 Å². The smallest absolute Gasteiger partial charge is 0.262 e. The van der Waals surface area contributed by atoms with Crippen molar-refractivity contribution in [1.29, 1.82) is 0 Å². The molecule has 0 bridgehead atoms. The summed E-state index contributed by atoms with van der Waals surface area (Å²) in [7, 11) is -3.46. The Labute approximate surface area is 166 Å². The van der Waals surface area contributed by atoms with Crippen LogP contribution in [0.25, 0.3) is 0 Å². The molecule has 0 aliphatic carbocycles. The summed E-state index contributed by atoms with van der Waals surface area (Å²) in [6, 6.07) is 13.9. The minimum Gasteiger partial charge on any atom is -0.484 e. The zero-order chi connectivity index (χ0) is 20.0. The van der Waals surface area contributed by atoms with Crippen LogP contribution < -0.4 is 10.1 Å². The SMILES string of the molecule is CCc1ccc(OCC(=O)Nc2ccc(S(=O)(=O)N3CCCCC3)cc2)cc1. The lowest BCUT2D eigenvalue weighted by Crippen LogP contribution is -2.35. The third-order valence-electron chi connectivity index (χ3n) is 4.79. The van der Waals surface area contributed by atoms with Crippen molar-refractivity contribution in [3.05, 3.63) is 54.1 Å². The van der Waals surface area contributed by atoms with E-state index in [4.69, 9.17) is 4.74 Å². The molecule has 0 unspecified atom stereocenters. The van der Waals surface area contributed by atoms with Crippen LogP contribution in [-0.2, 0) is 21.2 Å². The average molecular weight is 403 g/mol. The third kappa shape index (κ3) is 5.11. The van der Waals surface area contributed by atoms with Crippen LogP contribution in [0.4, 0.5) is 5.69 Å². The van der Waals surface area contributed by atoms with Gasteiger partial charge in [0.15, 0.2) is 6.61 Å². The summed E-state index contributed by atoms with van der Waals surface area (Å²) in [4.78, 5) is 12.3. The van der Waals surface area contributed by atoms with Crippen LogP contribution in [0.2, 0.25) is 0 Å². The Bertz CT molecular complexity index is 887. The number of rotatable bonds is 7. The highest BCUT2D eigenvalue weighted by atomic mass is 32.2. The Morgan fingerprint density at radius 1 is 1.00 bits per heavy atom. The first-order valence-corrected chi connectivity index (χ1v) is 11.0. The molecule has 0 radical (unpaired) electrons. The maximum atomic E-state index is 12.6. The van der Waals surface area contributed by atoms with Gasteiger partial charge in [-0.2, -0.15) is 4.31 Å². The van der Waals surface area contributed by atoms with Gasteiger partial charge in [-0.1, -0.05) is 25.5 Å². The number of hydrogen-bond acceptors (Lipinski definition) is 4. The molecule has 1 aliphatic heterocycles. The number of benzene rings is 2. The predicted molar refractivity (Wildman–Crippen MR) is 109 cm³/mol. The second kappa shape index (κ2) is 9.21. The number of hydrogen-bond donors (Lipinski definition) is 1. The standard InChI is InChI=1S/C21H26N2O4S/c1-2-17-6-10-19(11-7-17)27-16-21(24)22-18-8-12-20(13-9-18)28(25,26)23-14-4-3-5-15-23/h6-13H,2-5,14-16H2,1H3,(H,22,24). The summed E-state index contributed by atoms with van der Waals surface area (Å²) in [6.45, 7) is 3.10. The monoisotopic (exact) mass is 402 g/mol. The lowest BCUT2D eigenvalue weighted by Gasteiger charge is -2.25. The Hall–Kier alpha value is -2.38. The summed E-state index contributed by atoms with van der Waals surface area (Å²) in [5, 5.41) is 2.72. The number of piperidine rings is 1. The summed E-state index contributed by atoms with van der Waals surface area (Å²) >= 11 is 0. The molecule has 0 saturated carbocycles. The van der Waals surface area contributed by atoms with Crippen molar-refractivity contribution >= 4 is 21.6 Å². The fraction of sp³-hybridized carbons (Fsp3) is 0.381. The Kier molecular flexibility index (Phi) is 6.70. The minimum atomic E-state index is -3.46. The van der Waals surface area contributed by atoms with Crippen LogP contribution in [-0.4, -0.2) is 38.3 Å². The molecule has 2 aromatic rings. The zero-order valence-electron chi connectivity index (χ0n) is 16.1. The molecular formula is C21H26N2O4S. The van der Waals surface area contributed by atoms with Crippen molar-refractivity contribution in [2.24, 2.45) is 0 Å². The maximum absolute atomic E-state index is 12.6. The Morgan fingerprint density at radius 3 is 2.25 bits per heavy atom. The Morgan fingerprint density at radius 2 is 1.64 bits per heavy atom. The van der Waals surface area contributed by atoms with E-state index in [1.165, 1.54) is 22.0 Å². The number of sulfonamides is 1. The van der Waals surface area contributed by atoms with Gasteiger partial charge in [-0.3, -0.25) is 4.79 Å². The van der Waals surface area contributed by atoms with E-state index >= 15 is 0 Å². The number of carbonyl (C=O) groups is 1. The number of nitrogens with zero attached hydrogens (tertiary/aromatic N) is 1. The van der Waals surface area contributed by atoms with Gasteiger partial charge in [-0.25, -0.2) is 8.42 Å². The summed E-state index contributed by atoms with van der Waals surface area (Å²) < 4.78 is 32.3. The highest BCUT2D eigenvalue weighted by molar-refractivity contribution is 7.89. The van der Waals surface area contributed by atoms with E-state index in [9.17, 15) is 13.2 Å². The highest BCUT2D eigenvalue weighted by Crippen LogP contribution is 2.22. The summed E-state index contributed by atoms with van der Waals surface area (Å²) in [5.41, 5.74) is 1.74. The van der Waals surface area contributed by atoms with Crippen LogP contribution >= 0.6 is 0 Å². The van der Waals surface area contributed by atoms with Gasteiger partial charge < -0.3 is 10.1 Å². The number of aryl methyl sites for hydroxylation is 1. The first kappa shape index (κ1) is 20.4. The van der Waals surface area contributed by atoms with Crippen LogP contribution in [0.1, 0.15) is 31.7 Å². The molecule has 1 saturated heterocycles. The van der Waals surface area contributed by atoms with Crippen LogP contribution in [0.5, 0.6) is 5.75 Å². The topological polar surface area (TPSA) is 75.7 Å². The maximum Gasteiger partial charge on any atom is 0.262 e. The number of anilines is 1. The molecule has 150 valence electrons. The highest BCUT2D eigenvalue weighted by Gasteiger charge is 2.25. The van der Waals surface area contributed by atoms with Crippen molar-refractivity contribution in [3.63, 3.8) is 0 Å². The Balaban J connectivity index is 1.55. The van der Waals surface area contributed by atoms with Gasteiger partial charge >= 0.3 is 0 Å². The average Bonchev–Trinajstić information content (AvgIpc) is 2.73. The van der Waals surface area contributed by atoms with Gasteiger partial charge in [0, 0.05) is 18.8 Å². The molecule has 1 amide bonds. The molecule has 1 fully saturated rings. The lowest BCUT2D eigenvalue weighted by atomic mass is 10.2. The van der Waals surface area contributed by atoms with E-state index in [2.05, 4.69) is 12.2 Å². The first-order valence-electron chi connectivity index (χ1n) is 9.61. The first-order chi connectivity index (χ1) is 13.5. The van der Waals surface area contributed by atoms with Crippen LogP contribution in [0, 0.1) is 0 Å². The van der Waals surface area contributed by atoms with E-state index in [1.54, 1.807) is 12.1 Å². The summed E-state index contributed by atoms with van der Waals surface area (Å²) in [5.74, 6) is 0.335. The molecule has 7 heteroatoms. The van der Waals surface area contributed by atoms with Gasteiger partial charge in [0.2, 0.25) is 10.0 Å². The van der Waals surface area contributed by atoms with Crippen molar-refractivity contribution in [2.45, 2.75) is 37.5 Å². The number of ether oxygens (including phenoxy) is 1. The van der Waals surface area contributed by atoms with Crippen molar-refractivity contribution in [3.8, 4) is 5.75 Å². The molecule has 0 atom stereocenters. The molecule has 0 spiro atoms.